The summed E-state index contributed by atoms with van der Waals surface area (Å²) in [5.41, 5.74) is 0.757. The number of ether oxygens (including phenoxy) is 1. The fourth-order valence-corrected chi connectivity index (χ4v) is 7.73. The second kappa shape index (κ2) is 12.4. The summed E-state index contributed by atoms with van der Waals surface area (Å²) in [5.74, 6) is -2.40. The van der Waals surface area contributed by atoms with Gasteiger partial charge in [0.1, 0.15) is 11.6 Å². The van der Waals surface area contributed by atoms with Crippen LogP contribution in [0, 0.1) is 11.8 Å². The molecule has 3 unspecified atom stereocenters. The Morgan fingerprint density at radius 3 is 2.38 bits per heavy atom. The molecule has 0 aliphatic carbocycles. The number of nitrogens with one attached hydrogen (secondary N) is 2. The van der Waals surface area contributed by atoms with Crippen LogP contribution < -0.4 is 10.6 Å². The van der Waals surface area contributed by atoms with Crippen molar-refractivity contribution in [1.82, 2.24) is 15.5 Å². The quantitative estimate of drug-likeness (QED) is 0.253. The largest absolute Gasteiger partial charge is 0.394 e. The fraction of sp³-hybridized carbons (Fsp3) is 0.516. The van der Waals surface area contributed by atoms with Gasteiger partial charge < -0.3 is 25.4 Å². The van der Waals surface area contributed by atoms with E-state index < -0.39 is 35.6 Å². The molecule has 3 N–H and O–H groups in total. The first-order valence-corrected chi connectivity index (χ1v) is 15.2. The molecule has 3 saturated heterocycles. The molecule has 0 saturated carbocycles. The maximum Gasteiger partial charge on any atom is 0.245 e. The van der Waals surface area contributed by atoms with Crippen LogP contribution in [0.25, 0.3) is 0 Å². The molecule has 9 heteroatoms. The van der Waals surface area contributed by atoms with Gasteiger partial charge >= 0.3 is 0 Å². The number of rotatable bonds is 12. The molecule has 3 aliphatic heterocycles. The molecule has 2 aromatic carbocycles. The first kappa shape index (κ1) is 28.8. The standard InChI is InChI=1S/C31H38BrN3O5/c1-2-3-10-15-33-29(38)27-31-17-23(32)26(40-31)24(28(37)34-18-21-13-8-5-9-14-21)25(31)30(39)35(27)22(19-36)16-20-11-6-4-7-12-20/h4-9,11-14,22-27,36H,2-3,10,15-19H2,1H3,(H,33,38)(H,34,37)/t22-,23?,24+,25+,26+,27?,31?/m1/s1. The second-order valence-electron chi connectivity index (χ2n) is 11.1. The van der Waals surface area contributed by atoms with Gasteiger partial charge in [0.15, 0.2) is 0 Å². The van der Waals surface area contributed by atoms with Gasteiger partial charge in [0, 0.05) is 17.9 Å². The molecular formula is C31H38BrN3O5. The van der Waals surface area contributed by atoms with Crippen molar-refractivity contribution in [3.63, 3.8) is 0 Å². The van der Waals surface area contributed by atoms with Crippen LogP contribution in [0.1, 0.15) is 43.7 Å². The summed E-state index contributed by atoms with van der Waals surface area (Å²) in [4.78, 5) is 43.2. The molecule has 2 aromatic rings. The van der Waals surface area contributed by atoms with Crippen molar-refractivity contribution in [3.8, 4) is 0 Å². The Balaban J connectivity index is 1.46. The zero-order chi connectivity index (χ0) is 28.3. The van der Waals surface area contributed by atoms with Gasteiger partial charge in [-0.05, 0) is 30.4 Å². The molecule has 214 valence electrons. The Kier molecular flexibility index (Phi) is 8.92. The van der Waals surface area contributed by atoms with Crippen molar-refractivity contribution < 1.29 is 24.2 Å². The molecule has 3 aliphatic rings. The summed E-state index contributed by atoms with van der Waals surface area (Å²) in [7, 11) is 0. The summed E-state index contributed by atoms with van der Waals surface area (Å²) in [6.45, 7) is 2.62. The van der Waals surface area contributed by atoms with Gasteiger partial charge in [0.25, 0.3) is 0 Å². The van der Waals surface area contributed by atoms with E-state index in [1.165, 1.54) is 4.90 Å². The van der Waals surface area contributed by atoms with Crippen molar-refractivity contribution >= 4 is 33.7 Å². The summed E-state index contributed by atoms with van der Waals surface area (Å²) in [6.07, 6.45) is 3.14. The van der Waals surface area contributed by atoms with E-state index in [0.717, 1.165) is 30.4 Å². The molecule has 0 radical (unpaired) electrons. The zero-order valence-electron chi connectivity index (χ0n) is 22.8. The summed E-state index contributed by atoms with van der Waals surface area (Å²) in [5, 5.41) is 16.6. The number of carbonyl (C=O) groups is 3. The smallest absolute Gasteiger partial charge is 0.245 e. The van der Waals surface area contributed by atoms with Gasteiger partial charge in [-0.15, -0.1) is 0 Å². The number of nitrogens with zero attached hydrogens (tertiary/aromatic N) is 1. The first-order valence-electron chi connectivity index (χ1n) is 14.3. The van der Waals surface area contributed by atoms with Gasteiger partial charge in [-0.3, -0.25) is 14.4 Å². The number of aliphatic hydroxyl groups is 1. The van der Waals surface area contributed by atoms with Crippen LogP contribution in [-0.4, -0.2) is 69.5 Å². The molecule has 2 bridgehead atoms. The summed E-state index contributed by atoms with van der Waals surface area (Å²) in [6, 6.07) is 17.7. The van der Waals surface area contributed by atoms with Crippen LogP contribution >= 0.6 is 15.9 Å². The van der Waals surface area contributed by atoms with Crippen LogP contribution in [0.2, 0.25) is 0 Å². The predicted octanol–water partition coefficient (Wildman–Crippen LogP) is 2.96. The number of fused-ring (bicyclic) bond motifs is 1. The fourth-order valence-electron chi connectivity index (χ4n) is 6.78. The second-order valence-corrected chi connectivity index (χ2v) is 12.3. The minimum Gasteiger partial charge on any atom is -0.394 e. The van der Waals surface area contributed by atoms with E-state index in [4.69, 9.17) is 4.74 Å². The number of carbonyl (C=O) groups excluding carboxylic acids is 3. The highest BCUT2D eigenvalue weighted by Gasteiger charge is 2.77. The number of hydrogen-bond donors (Lipinski definition) is 3. The van der Waals surface area contributed by atoms with E-state index >= 15 is 0 Å². The molecule has 40 heavy (non-hydrogen) atoms. The normalized spacial score (nSPS) is 29.3. The monoisotopic (exact) mass is 611 g/mol. The third-order valence-electron chi connectivity index (χ3n) is 8.59. The number of halogens is 1. The number of amides is 3. The SMILES string of the molecule is CCCCCNC(=O)C1N([C@@H](CO)Cc2ccccc2)C(=O)[C@@H]2[C@H](C(=O)NCc3ccccc3)[C@H]3OC12CC3Br. The highest BCUT2D eigenvalue weighted by Crippen LogP contribution is 2.60. The molecule has 3 fully saturated rings. The average molecular weight is 613 g/mol. The van der Waals surface area contributed by atoms with Gasteiger partial charge in [0.05, 0.1) is 30.6 Å². The van der Waals surface area contributed by atoms with E-state index in [2.05, 4.69) is 33.5 Å². The number of benzene rings is 2. The Hall–Kier alpha value is -2.75. The van der Waals surface area contributed by atoms with Crippen molar-refractivity contribution in [1.29, 1.82) is 0 Å². The van der Waals surface area contributed by atoms with Crippen LogP contribution in [-0.2, 0) is 32.1 Å². The minimum absolute atomic E-state index is 0.180. The lowest BCUT2D eigenvalue weighted by atomic mass is 9.70. The Morgan fingerprint density at radius 2 is 1.73 bits per heavy atom. The predicted molar refractivity (Wildman–Crippen MR) is 154 cm³/mol. The van der Waals surface area contributed by atoms with Crippen LogP contribution in [0.3, 0.4) is 0 Å². The molecule has 7 atom stereocenters. The lowest BCUT2D eigenvalue weighted by Gasteiger charge is -2.37. The molecule has 3 heterocycles. The van der Waals surface area contributed by atoms with E-state index in [-0.39, 0.29) is 29.2 Å². The van der Waals surface area contributed by atoms with Gasteiger partial charge in [-0.25, -0.2) is 0 Å². The number of aliphatic hydroxyl groups excluding tert-OH is 1. The average Bonchev–Trinajstić information content (AvgIpc) is 3.57. The maximum absolute atomic E-state index is 14.3. The minimum atomic E-state index is -1.15. The van der Waals surface area contributed by atoms with Crippen molar-refractivity contribution in [2.75, 3.05) is 13.2 Å². The van der Waals surface area contributed by atoms with Crippen molar-refractivity contribution in [2.24, 2.45) is 11.8 Å². The third kappa shape index (κ3) is 5.31. The number of alkyl halides is 1. The highest BCUT2D eigenvalue weighted by molar-refractivity contribution is 9.09. The zero-order valence-corrected chi connectivity index (χ0v) is 24.4. The maximum atomic E-state index is 14.3. The molecule has 5 rings (SSSR count). The first-order chi connectivity index (χ1) is 19.4. The Labute approximate surface area is 244 Å². The van der Waals surface area contributed by atoms with Gasteiger partial charge in [-0.2, -0.15) is 0 Å². The van der Waals surface area contributed by atoms with Crippen LogP contribution in [0.15, 0.2) is 60.7 Å². The summed E-state index contributed by atoms with van der Waals surface area (Å²) < 4.78 is 6.58. The van der Waals surface area contributed by atoms with Gasteiger partial charge in [0.2, 0.25) is 17.7 Å². The molecule has 8 nitrogen and oxygen atoms in total. The Bertz CT molecular complexity index is 1200. The van der Waals surface area contributed by atoms with Crippen LogP contribution in [0.5, 0.6) is 0 Å². The van der Waals surface area contributed by atoms with Crippen molar-refractivity contribution in [3.05, 3.63) is 71.8 Å². The van der Waals surface area contributed by atoms with E-state index in [9.17, 15) is 19.5 Å². The molecule has 1 spiro atoms. The lowest BCUT2D eigenvalue weighted by molar-refractivity contribution is -0.145. The van der Waals surface area contributed by atoms with Crippen LogP contribution in [0.4, 0.5) is 0 Å². The highest BCUT2D eigenvalue weighted by atomic mass is 79.9. The van der Waals surface area contributed by atoms with Crippen molar-refractivity contribution in [2.45, 2.75) is 74.2 Å². The topological polar surface area (TPSA) is 108 Å². The number of likely N-dealkylation sites (tertiary alicyclic amines) is 1. The molecule has 3 amide bonds. The molecular weight excluding hydrogens is 574 g/mol. The van der Waals surface area contributed by atoms with E-state index in [1.54, 1.807) is 0 Å². The third-order valence-corrected chi connectivity index (χ3v) is 9.43. The van der Waals surface area contributed by atoms with Gasteiger partial charge in [-0.1, -0.05) is 96.4 Å². The Morgan fingerprint density at radius 1 is 1.05 bits per heavy atom. The lowest BCUT2D eigenvalue weighted by Crippen LogP contribution is -2.58. The van der Waals surface area contributed by atoms with E-state index in [0.29, 0.717) is 25.9 Å². The number of unbranched alkanes of at least 4 members (excludes halogenated alkanes) is 2. The summed E-state index contributed by atoms with van der Waals surface area (Å²) >= 11 is 3.71. The van der Waals surface area contributed by atoms with E-state index in [1.807, 2.05) is 60.7 Å². The molecule has 0 aromatic heterocycles. The number of hydrogen-bond acceptors (Lipinski definition) is 5.